The molecule has 0 amide bonds. The van der Waals surface area contributed by atoms with Gasteiger partial charge < -0.3 is 0 Å². The van der Waals surface area contributed by atoms with E-state index in [-0.39, 0.29) is 0 Å². The molecule has 6 aromatic rings. The fourth-order valence-corrected chi connectivity index (χ4v) is 10.1. The predicted molar refractivity (Wildman–Crippen MR) is 195 cm³/mol. The second kappa shape index (κ2) is 8.86. The first-order valence-electron chi connectivity index (χ1n) is 17.1. The molecule has 1 saturated carbocycles. The summed E-state index contributed by atoms with van der Waals surface area (Å²) in [7, 11) is 0. The summed E-state index contributed by atoms with van der Waals surface area (Å²) in [6.07, 6.45) is 16.0. The van der Waals surface area contributed by atoms with Crippen LogP contribution < -0.4 is 0 Å². The lowest BCUT2D eigenvalue weighted by Crippen LogP contribution is -2.20. The lowest BCUT2D eigenvalue weighted by Gasteiger charge is -2.30. The lowest BCUT2D eigenvalue weighted by atomic mass is 9.74. The standard InChI is InChI=1S/C46H34/c1-25-17-26(2)19-30(18-25)37-22-39-31(40-23-42-34-13-5-9-28-10-6-14-35(46(28)34)43(42)24-44(37)40)16-15-29-20-38-32-11-3-7-27-8-4-12-33(45(27)32)41(38)21-36(29)39/h3-4,6-8,10-22,24,28,42,46H,5,9,23H2,1-2H3/t28?,42?,46-/m0/s1. The topological polar surface area (TPSA) is 0 Å². The molecule has 3 atom stereocenters. The van der Waals surface area contributed by atoms with Gasteiger partial charge in [-0.25, -0.2) is 0 Å². The van der Waals surface area contributed by atoms with Gasteiger partial charge in [0.2, 0.25) is 0 Å². The quantitative estimate of drug-likeness (QED) is 0.133. The SMILES string of the molecule is Cc1cc(C)cc(-c2cc3c(ccc4cc5c(cc43)-c3cccc4cccc-5c34)c3c2C=C2C4=CC=CC5CCC=C(C2C3)[C@@H]45)c1. The van der Waals surface area contributed by atoms with Crippen LogP contribution in [-0.2, 0) is 6.42 Å². The molecule has 0 heterocycles. The van der Waals surface area contributed by atoms with Crippen LogP contribution in [0.25, 0.3) is 71.8 Å². The van der Waals surface area contributed by atoms with Crippen molar-refractivity contribution >= 4 is 38.4 Å². The Hall–Kier alpha value is -4.94. The van der Waals surface area contributed by atoms with E-state index in [1.54, 1.807) is 16.7 Å². The summed E-state index contributed by atoms with van der Waals surface area (Å²) in [6.45, 7) is 4.48. The van der Waals surface area contributed by atoms with Crippen molar-refractivity contribution in [2.45, 2.75) is 33.1 Å². The zero-order valence-electron chi connectivity index (χ0n) is 26.3. The van der Waals surface area contributed by atoms with Gasteiger partial charge in [0.1, 0.15) is 0 Å². The molecule has 0 heteroatoms. The highest BCUT2D eigenvalue weighted by Crippen LogP contribution is 2.58. The highest BCUT2D eigenvalue weighted by atomic mass is 14.5. The van der Waals surface area contributed by atoms with Gasteiger partial charge in [-0.15, -0.1) is 0 Å². The van der Waals surface area contributed by atoms with Crippen LogP contribution in [0.2, 0.25) is 0 Å². The molecule has 0 aliphatic heterocycles. The fourth-order valence-electron chi connectivity index (χ4n) is 10.1. The first-order valence-corrected chi connectivity index (χ1v) is 17.1. The van der Waals surface area contributed by atoms with Gasteiger partial charge >= 0.3 is 0 Å². The highest BCUT2D eigenvalue weighted by Gasteiger charge is 2.45. The molecule has 46 heavy (non-hydrogen) atoms. The van der Waals surface area contributed by atoms with Gasteiger partial charge in [-0.3, -0.25) is 0 Å². The normalized spacial score (nSPS) is 21.5. The van der Waals surface area contributed by atoms with E-state index in [1.165, 1.54) is 101 Å². The molecule has 0 saturated heterocycles. The second-order valence-electron chi connectivity index (χ2n) is 14.5. The Bertz CT molecular complexity index is 2500. The van der Waals surface area contributed by atoms with Crippen LogP contribution in [0.3, 0.4) is 0 Å². The maximum absolute atomic E-state index is 2.61. The van der Waals surface area contributed by atoms with Crippen LogP contribution in [0.15, 0.2) is 126 Å². The van der Waals surface area contributed by atoms with Gasteiger partial charge in [-0.05, 0) is 151 Å². The van der Waals surface area contributed by atoms with E-state index in [2.05, 4.69) is 129 Å². The minimum absolute atomic E-state index is 0.493. The van der Waals surface area contributed by atoms with Crippen molar-refractivity contribution in [3.05, 3.63) is 148 Å². The molecule has 0 bridgehead atoms. The number of aryl methyl sites for hydroxylation is 2. The molecule has 0 aromatic heterocycles. The molecule has 6 aromatic carbocycles. The van der Waals surface area contributed by atoms with Crippen molar-refractivity contribution < 1.29 is 0 Å². The number of allylic oxidation sites excluding steroid dienone is 7. The van der Waals surface area contributed by atoms with Gasteiger partial charge in [-0.2, -0.15) is 0 Å². The largest absolute Gasteiger partial charge is 0.0840 e. The van der Waals surface area contributed by atoms with Crippen molar-refractivity contribution in [2.75, 3.05) is 0 Å². The molecule has 0 nitrogen and oxygen atoms in total. The Kier molecular flexibility index (Phi) is 4.87. The average molecular weight is 587 g/mol. The van der Waals surface area contributed by atoms with Crippen molar-refractivity contribution in [1.29, 1.82) is 0 Å². The third-order valence-corrected chi connectivity index (χ3v) is 11.9. The third kappa shape index (κ3) is 3.24. The second-order valence-corrected chi connectivity index (χ2v) is 14.5. The van der Waals surface area contributed by atoms with E-state index in [1.807, 2.05) is 0 Å². The first-order chi connectivity index (χ1) is 22.6. The maximum Gasteiger partial charge on any atom is 0.0120 e. The van der Waals surface area contributed by atoms with Crippen molar-refractivity contribution in [3.8, 4) is 33.4 Å². The van der Waals surface area contributed by atoms with Crippen LogP contribution >= 0.6 is 0 Å². The Balaban J connectivity index is 1.22. The van der Waals surface area contributed by atoms with E-state index >= 15 is 0 Å². The van der Waals surface area contributed by atoms with Gasteiger partial charge in [0.05, 0.1) is 0 Å². The van der Waals surface area contributed by atoms with Gasteiger partial charge in [-0.1, -0.05) is 108 Å². The third-order valence-electron chi connectivity index (χ3n) is 11.9. The monoisotopic (exact) mass is 586 g/mol. The van der Waals surface area contributed by atoms with Crippen molar-refractivity contribution in [3.63, 3.8) is 0 Å². The van der Waals surface area contributed by atoms with E-state index in [0.717, 1.165) is 6.42 Å². The lowest BCUT2D eigenvalue weighted by molar-refractivity contribution is 0.454. The Morgan fingerprint density at radius 1 is 0.652 bits per heavy atom. The van der Waals surface area contributed by atoms with Crippen LogP contribution in [0, 0.1) is 31.6 Å². The number of hydrogen-bond donors (Lipinski definition) is 0. The number of hydrogen-bond acceptors (Lipinski definition) is 0. The molecule has 0 N–H and O–H groups in total. The van der Waals surface area contributed by atoms with Gasteiger partial charge in [0.15, 0.2) is 0 Å². The minimum Gasteiger partial charge on any atom is -0.0840 e. The molecule has 0 radical (unpaired) electrons. The zero-order chi connectivity index (χ0) is 30.3. The molecule has 1 fully saturated rings. The van der Waals surface area contributed by atoms with E-state index in [4.69, 9.17) is 0 Å². The van der Waals surface area contributed by atoms with E-state index in [0.29, 0.717) is 17.8 Å². The zero-order valence-corrected chi connectivity index (χ0v) is 26.3. The van der Waals surface area contributed by atoms with Gasteiger partial charge in [0.25, 0.3) is 0 Å². The Labute approximate surface area is 270 Å². The first kappa shape index (κ1) is 25.3. The predicted octanol–water partition coefficient (Wildman–Crippen LogP) is 12.1. The van der Waals surface area contributed by atoms with E-state index in [9.17, 15) is 0 Å². The van der Waals surface area contributed by atoms with Crippen molar-refractivity contribution in [1.82, 2.24) is 0 Å². The Morgan fingerprint density at radius 3 is 2.26 bits per heavy atom. The fraction of sp³-hybridized carbons (Fsp3) is 0.174. The molecular weight excluding hydrogens is 553 g/mol. The van der Waals surface area contributed by atoms with Crippen LogP contribution in [-0.4, -0.2) is 0 Å². The summed E-state index contributed by atoms with van der Waals surface area (Å²) in [5.74, 6) is 1.73. The van der Waals surface area contributed by atoms with Crippen LogP contribution in [0.4, 0.5) is 0 Å². The van der Waals surface area contributed by atoms with Crippen LogP contribution in [0.5, 0.6) is 0 Å². The molecule has 218 valence electrons. The maximum atomic E-state index is 2.61. The molecule has 5 aliphatic rings. The van der Waals surface area contributed by atoms with Gasteiger partial charge in [0, 0.05) is 11.8 Å². The highest BCUT2D eigenvalue weighted by molar-refractivity contribution is 6.20. The summed E-state index contributed by atoms with van der Waals surface area (Å²) < 4.78 is 0. The summed E-state index contributed by atoms with van der Waals surface area (Å²) >= 11 is 0. The van der Waals surface area contributed by atoms with Crippen molar-refractivity contribution in [2.24, 2.45) is 17.8 Å². The number of fused-ring (bicyclic) bond motifs is 11. The average Bonchev–Trinajstić information content (AvgIpc) is 3.56. The summed E-state index contributed by atoms with van der Waals surface area (Å²) in [5.41, 5.74) is 18.7. The van der Waals surface area contributed by atoms with E-state index < -0.39 is 0 Å². The van der Waals surface area contributed by atoms with Crippen LogP contribution in [0.1, 0.15) is 35.1 Å². The molecule has 11 rings (SSSR count). The minimum atomic E-state index is 0.493. The molecule has 5 aliphatic carbocycles. The molecule has 0 spiro atoms. The Morgan fingerprint density at radius 2 is 1.43 bits per heavy atom. The summed E-state index contributed by atoms with van der Waals surface area (Å²) in [6, 6.07) is 33.0. The number of rotatable bonds is 1. The smallest absolute Gasteiger partial charge is 0.0120 e. The number of benzene rings is 6. The summed E-state index contributed by atoms with van der Waals surface area (Å²) in [5, 5.41) is 8.24. The summed E-state index contributed by atoms with van der Waals surface area (Å²) in [4.78, 5) is 0. The molecular formula is C46H34. The molecule has 2 unspecified atom stereocenters.